The van der Waals surface area contributed by atoms with Gasteiger partial charge in [0.1, 0.15) is 6.04 Å². The second-order valence-electron chi connectivity index (χ2n) is 7.68. The summed E-state index contributed by atoms with van der Waals surface area (Å²) in [5.41, 5.74) is 1.70. The van der Waals surface area contributed by atoms with Crippen molar-refractivity contribution in [3.8, 4) is 11.4 Å². The molecule has 0 bridgehead atoms. The van der Waals surface area contributed by atoms with E-state index in [0.717, 1.165) is 5.56 Å². The first-order chi connectivity index (χ1) is 14.8. The van der Waals surface area contributed by atoms with Crippen LogP contribution < -0.4 is 9.62 Å². The Bertz CT molecular complexity index is 1160. The number of nitrogens with zero attached hydrogens (tertiary/aromatic N) is 4. The zero-order valence-corrected chi connectivity index (χ0v) is 18.0. The summed E-state index contributed by atoms with van der Waals surface area (Å²) < 4.78 is 31.0. The number of aromatic nitrogens is 3. The summed E-state index contributed by atoms with van der Waals surface area (Å²) in [7, 11) is -3.26. The topological polar surface area (TPSA) is 118 Å². The summed E-state index contributed by atoms with van der Waals surface area (Å²) in [6.07, 6.45) is 3.90. The van der Waals surface area contributed by atoms with Gasteiger partial charge in [-0.05, 0) is 48.7 Å². The highest BCUT2D eigenvalue weighted by Gasteiger charge is 2.29. The molecule has 31 heavy (non-hydrogen) atoms. The molecule has 0 radical (unpaired) electrons. The van der Waals surface area contributed by atoms with Crippen LogP contribution >= 0.6 is 0 Å². The Kier molecular flexibility index (Phi) is 5.73. The van der Waals surface area contributed by atoms with Gasteiger partial charge in [-0.1, -0.05) is 19.0 Å². The van der Waals surface area contributed by atoms with Crippen LogP contribution in [0.1, 0.15) is 42.6 Å². The van der Waals surface area contributed by atoms with Crippen LogP contribution in [0.3, 0.4) is 0 Å². The number of amides is 1. The van der Waals surface area contributed by atoms with E-state index >= 15 is 0 Å². The molecular weight excluding hydrogens is 418 g/mol. The molecule has 1 aliphatic heterocycles. The zero-order valence-electron chi connectivity index (χ0n) is 17.2. The van der Waals surface area contributed by atoms with E-state index in [1.807, 2.05) is 19.9 Å². The van der Waals surface area contributed by atoms with Crippen LogP contribution in [-0.4, -0.2) is 41.7 Å². The lowest BCUT2D eigenvalue weighted by atomic mass is 10.0. The number of hydrogen-bond donors (Lipinski definition) is 1. The van der Waals surface area contributed by atoms with Crippen molar-refractivity contribution in [2.45, 2.75) is 26.3 Å². The zero-order chi connectivity index (χ0) is 22.0. The largest absolute Gasteiger partial charge is 0.340 e. The van der Waals surface area contributed by atoms with Gasteiger partial charge in [-0.25, -0.2) is 8.42 Å². The maximum Gasteiger partial charge on any atom is 0.251 e. The highest BCUT2D eigenvalue weighted by Crippen LogP contribution is 2.26. The van der Waals surface area contributed by atoms with Gasteiger partial charge < -0.3 is 9.84 Å². The van der Waals surface area contributed by atoms with Crippen molar-refractivity contribution >= 4 is 21.6 Å². The van der Waals surface area contributed by atoms with Crippen LogP contribution in [0, 0.1) is 5.92 Å². The molecule has 1 saturated heterocycles. The van der Waals surface area contributed by atoms with E-state index < -0.39 is 16.1 Å². The second kappa shape index (κ2) is 8.46. The van der Waals surface area contributed by atoms with Crippen LogP contribution in [0.15, 0.2) is 53.3 Å². The number of benzene rings is 1. The SMILES string of the molecule is CC(C)C(NC(=O)c1ccc(N2CCCS2(=O)=O)cc1)c1nc(-c2cccnc2)no1. The van der Waals surface area contributed by atoms with Crippen molar-refractivity contribution < 1.29 is 17.7 Å². The maximum absolute atomic E-state index is 12.8. The molecule has 1 aliphatic rings. The van der Waals surface area contributed by atoms with E-state index in [1.165, 1.54) is 4.31 Å². The fraction of sp³-hybridized carbons (Fsp3) is 0.333. The third-order valence-electron chi connectivity index (χ3n) is 5.10. The summed E-state index contributed by atoms with van der Waals surface area (Å²) in [6, 6.07) is 9.65. The van der Waals surface area contributed by atoms with Gasteiger partial charge >= 0.3 is 0 Å². The first-order valence-electron chi connectivity index (χ1n) is 10.0. The summed E-state index contributed by atoms with van der Waals surface area (Å²) in [6.45, 7) is 4.35. The molecule has 1 unspecified atom stereocenters. The lowest BCUT2D eigenvalue weighted by Gasteiger charge is -2.19. The van der Waals surface area contributed by atoms with E-state index in [0.29, 0.717) is 35.9 Å². The van der Waals surface area contributed by atoms with Crippen LogP contribution in [0.25, 0.3) is 11.4 Å². The van der Waals surface area contributed by atoms with Crippen molar-refractivity contribution in [3.63, 3.8) is 0 Å². The molecule has 0 spiro atoms. The number of nitrogens with one attached hydrogen (secondary N) is 1. The van der Waals surface area contributed by atoms with E-state index in [2.05, 4.69) is 20.4 Å². The number of hydrogen-bond acceptors (Lipinski definition) is 7. The average Bonchev–Trinajstić information content (AvgIpc) is 3.38. The molecule has 1 N–H and O–H groups in total. The van der Waals surface area contributed by atoms with Crippen molar-refractivity contribution in [1.29, 1.82) is 0 Å². The monoisotopic (exact) mass is 441 g/mol. The van der Waals surface area contributed by atoms with Gasteiger partial charge in [0.25, 0.3) is 5.91 Å². The molecule has 9 nitrogen and oxygen atoms in total. The Balaban J connectivity index is 1.50. The molecule has 2 aromatic heterocycles. The Morgan fingerprint density at radius 2 is 1.97 bits per heavy atom. The fourth-order valence-electron chi connectivity index (χ4n) is 3.42. The minimum absolute atomic E-state index is 0.000152. The number of carbonyl (C=O) groups is 1. The third kappa shape index (κ3) is 4.43. The average molecular weight is 442 g/mol. The molecule has 3 heterocycles. The van der Waals surface area contributed by atoms with Gasteiger partial charge in [-0.2, -0.15) is 4.98 Å². The van der Waals surface area contributed by atoms with Crippen LogP contribution in [-0.2, 0) is 10.0 Å². The highest BCUT2D eigenvalue weighted by molar-refractivity contribution is 7.93. The van der Waals surface area contributed by atoms with Gasteiger partial charge in [-0.15, -0.1) is 0 Å². The number of anilines is 1. The minimum Gasteiger partial charge on any atom is -0.340 e. The Morgan fingerprint density at radius 3 is 2.58 bits per heavy atom. The first-order valence-corrected chi connectivity index (χ1v) is 11.6. The van der Waals surface area contributed by atoms with E-state index in [4.69, 9.17) is 4.52 Å². The summed E-state index contributed by atoms with van der Waals surface area (Å²) >= 11 is 0. The van der Waals surface area contributed by atoms with Crippen LogP contribution in [0.5, 0.6) is 0 Å². The quantitative estimate of drug-likeness (QED) is 0.625. The van der Waals surface area contributed by atoms with E-state index in [9.17, 15) is 13.2 Å². The number of carbonyl (C=O) groups excluding carboxylic acids is 1. The van der Waals surface area contributed by atoms with Crippen LogP contribution in [0.2, 0.25) is 0 Å². The summed E-state index contributed by atoms with van der Waals surface area (Å²) in [5, 5.41) is 6.94. The maximum atomic E-state index is 12.8. The van der Waals surface area contributed by atoms with Gasteiger partial charge in [0.15, 0.2) is 0 Å². The molecule has 1 amide bonds. The normalized spacial score (nSPS) is 16.4. The molecule has 4 rings (SSSR count). The molecular formula is C21H23N5O4S. The van der Waals surface area contributed by atoms with Gasteiger partial charge in [0.2, 0.25) is 21.7 Å². The van der Waals surface area contributed by atoms with Crippen molar-refractivity contribution in [1.82, 2.24) is 20.4 Å². The molecule has 1 aromatic carbocycles. The molecule has 10 heteroatoms. The standard InChI is InChI=1S/C21H23N5O4S/c1-14(2)18(21-24-19(25-30-21)16-5-3-10-22-13-16)23-20(27)15-6-8-17(9-7-15)26-11-4-12-31(26,28)29/h3,5-10,13-14,18H,4,11-12H2,1-2H3,(H,23,27). The molecule has 0 aliphatic carbocycles. The first kappa shape index (κ1) is 21.0. The second-order valence-corrected chi connectivity index (χ2v) is 9.69. The molecule has 3 aromatic rings. The van der Waals surface area contributed by atoms with Gasteiger partial charge in [-0.3, -0.25) is 14.1 Å². The molecule has 1 atom stereocenters. The molecule has 1 fully saturated rings. The van der Waals surface area contributed by atoms with E-state index in [-0.39, 0.29) is 17.6 Å². The highest BCUT2D eigenvalue weighted by atomic mass is 32.2. The van der Waals surface area contributed by atoms with Crippen molar-refractivity contribution in [2.24, 2.45) is 5.92 Å². The van der Waals surface area contributed by atoms with Gasteiger partial charge in [0.05, 0.1) is 11.4 Å². The predicted molar refractivity (Wildman–Crippen MR) is 115 cm³/mol. The Morgan fingerprint density at radius 1 is 1.19 bits per heavy atom. The number of rotatable bonds is 6. The van der Waals surface area contributed by atoms with Crippen molar-refractivity contribution in [3.05, 3.63) is 60.2 Å². The number of sulfonamides is 1. The van der Waals surface area contributed by atoms with Gasteiger partial charge in [0, 0.05) is 30.1 Å². The van der Waals surface area contributed by atoms with Crippen LogP contribution in [0.4, 0.5) is 5.69 Å². The Hall–Kier alpha value is -3.27. The smallest absolute Gasteiger partial charge is 0.251 e. The predicted octanol–water partition coefficient (Wildman–Crippen LogP) is 2.80. The molecule has 162 valence electrons. The van der Waals surface area contributed by atoms with Crippen molar-refractivity contribution in [2.75, 3.05) is 16.6 Å². The lowest BCUT2D eigenvalue weighted by Crippen LogP contribution is -2.32. The third-order valence-corrected chi connectivity index (χ3v) is 6.97. The Labute approximate surface area is 180 Å². The fourth-order valence-corrected chi connectivity index (χ4v) is 4.99. The minimum atomic E-state index is -3.26. The number of pyridine rings is 1. The lowest BCUT2D eigenvalue weighted by molar-refractivity contribution is 0.0914. The molecule has 0 saturated carbocycles. The summed E-state index contributed by atoms with van der Waals surface area (Å²) in [4.78, 5) is 21.3. The summed E-state index contributed by atoms with van der Waals surface area (Å²) in [5.74, 6) is 0.549. The van der Waals surface area contributed by atoms with E-state index in [1.54, 1.807) is 42.7 Å².